The number of rotatable bonds is 8. The molecule has 2 heterocycles. The molecule has 1 aromatic heterocycles. The standard InChI is InChI=1S/C60H48N2O2Si/c1-41-25-30-49(62(46-17-9-6-10-18-46)56-22-13-21-53-51-19-11-12-23-57(51)64-60(53)56)37-38-63-58-24-14-20-52-55-39-43(26-27-44(55)40-54(41)59(52)58)42-28-31-47(32-29-42)61(45-15-7-5-8-16-45)48-33-35-50(36-34-48)65(2,3)4/h5-37,39-40H,1,38H2,2-4H3/b30-25-,49-37+. The SMILES string of the molecule is C=C1/C=C\C(N(c2ccccc2)c2cccc3c2oc2ccccc23)=C/COc2cccc3c2c1cc1ccc(-c2ccc(N(c4ccccc4)c4ccc([Si](C)(C)C)cc4)cc2)cc13. The zero-order chi connectivity index (χ0) is 44.1. The maximum absolute atomic E-state index is 6.76. The summed E-state index contributed by atoms with van der Waals surface area (Å²) in [6.07, 6.45) is 6.43. The van der Waals surface area contributed by atoms with Crippen LogP contribution in [0.5, 0.6) is 5.75 Å². The summed E-state index contributed by atoms with van der Waals surface area (Å²) >= 11 is 0. The molecule has 0 fully saturated rings. The van der Waals surface area contributed by atoms with Crippen molar-refractivity contribution in [1.82, 2.24) is 0 Å². The Balaban J connectivity index is 0.954. The molecule has 0 unspecified atom stereocenters. The first-order valence-corrected chi connectivity index (χ1v) is 25.8. The van der Waals surface area contributed by atoms with E-state index in [4.69, 9.17) is 9.15 Å². The van der Waals surface area contributed by atoms with Gasteiger partial charge < -0.3 is 19.0 Å². The van der Waals surface area contributed by atoms with E-state index in [0.29, 0.717) is 6.61 Å². The number of fused-ring (bicyclic) bond motifs is 5. The molecule has 0 amide bonds. The van der Waals surface area contributed by atoms with E-state index in [1.807, 2.05) is 18.2 Å². The quantitative estimate of drug-likeness (QED) is 0.112. The smallest absolute Gasteiger partial charge is 0.159 e. The second-order valence-electron chi connectivity index (χ2n) is 17.8. The number of furan rings is 1. The number of nitrogens with zero attached hydrogens (tertiary/aromatic N) is 2. The lowest BCUT2D eigenvalue weighted by molar-refractivity contribution is 0.366. The number of allylic oxidation sites excluding steroid dienone is 3. The van der Waals surface area contributed by atoms with Gasteiger partial charge in [0.05, 0.1) is 13.8 Å². The molecule has 1 aliphatic rings. The molecule has 10 aromatic rings. The third-order valence-corrected chi connectivity index (χ3v) is 14.7. The van der Waals surface area contributed by atoms with Crippen molar-refractivity contribution in [2.24, 2.45) is 0 Å². The van der Waals surface area contributed by atoms with E-state index < -0.39 is 8.07 Å². The van der Waals surface area contributed by atoms with Crippen LogP contribution in [0.4, 0.5) is 28.4 Å². The van der Waals surface area contributed by atoms with Gasteiger partial charge in [-0.15, -0.1) is 0 Å². The summed E-state index contributed by atoms with van der Waals surface area (Å²) < 4.78 is 13.3. The number of anilines is 5. The number of para-hydroxylation sites is 4. The minimum Gasteiger partial charge on any atom is -0.489 e. The van der Waals surface area contributed by atoms with Gasteiger partial charge in [-0.25, -0.2) is 0 Å². The predicted octanol–water partition coefficient (Wildman–Crippen LogP) is 16.3. The molecule has 314 valence electrons. The molecule has 0 aliphatic carbocycles. The highest BCUT2D eigenvalue weighted by Gasteiger charge is 2.22. The third-order valence-electron chi connectivity index (χ3n) is 12.6. The fourth-order valence-corrected chi connectivity index (χ4v) is 10.5. The Labute approximate surface area is 381 Å². The van der Waals surface area contributed by atoms with Crippen LogP contribution in [-0.2, 0) is 0 Å². The molecule has 9 aromatic carbocycles. The number of hydrogen-bond acceptors (Lipinski definition) is 4. The van der Waals surface area contributed by atoms with E-state index in [2.05, 4.69) is 230 Å². The predicted molar refractivity (Wildman–Crippen MR) is 279 cm³/mol. The van der Waals surface area contributed by atoms with Gasteiger partial charge in [0.2, 0.25) is 0 Å². The van der Waals surface area contributed by atoms with Gasteiger partial charge >= 0.3 is 0 Å². The lowest BCUT2D eigenvalue weighted by Crippen LogP contribution is -2.37. The molecule has 0 atom stereocenters. The Morgan fingerprint density at radius 3 is 1.86 bits per heavy atom. The van der Waals surface area contributed by atoms with Gasteiger partial charge in [-0.1, -0.05) is 153 Å². The molecule has 0 bridgehead atoms. The summed E-state index contributed by atoms with van der Waals surface area (Å²) in [5.74, 6) is 0.825. The van der Waals surface area contributed by atoms with Crippen molar-refractivity contribution >= 4 is 90.8 Å². The van der Waals surface area contributed by atoms with Gasteiger partial charge in [0, 0.05) is 44.6 Å². The van der Waals surface area contributed by atoms with Crippen LogP contribution in [0.3, 0.4) is 0 Å². The Bertz CT molecular complexity index is 3470. The van der Waals surface area contributed by atoms with Gasteiger partial charge in [0.25, 0.3) is 0 Å². The molecule has 65 heavy (non-hydrogen) atoms. The van der Waals surface area contributed by atoms with Gasteiger partial charge in [0.15, 0.2) is 5.58 Å². The van der Waals surface area contributed by atoms with Gasteiger partial charge in [-0.2, -0.15) is 0 Å². The summed E-state index contributed by atoms with van der Waals surface area (Å²) in [6, 6.07) is 69.2. The average Bonchev–Trinajstić information content (AvgIpc) is 3.73. The molecule has 1 aliphatic heterocycles. The van der Waals surface area contributed by atoms with E-state index >= 15 is 0 Å². The molecule has 0 radical (unpaired) electrons. The number of hydrogen-bond donors (Lipinski definition) is 0. The molecular weight excluding hydrogens is 809 g/mol. The second kappa shape index (κ2) is 16.4. The first kappa shape index (κ1) is 39.9. The molecule has 0 saturated heterocycles. The van der Waals surface area contributed by atoms with Crippen LogP contribution in [0.2, 0.25) is 19.6 Å². The van der Waals surface area contributed by atoms with Crippen molar-refractivity contribution in [3.63, 3.8) is 0 Å². The molecule has 4 nitrogen and oxygen atoms in total. The van der Waals surface area contributed by atoms with Crippen molar-refractivity contribution in [2.45, 2.75) is 19.6 Å². The number of ether oxygens (including phenoxy) is 1. The third kappa shape index (κ3) is 7.40. The molecule has 11 rings (SSSR count). The van der Waals surface area contributed by atoms with Crippen LogP contribution in [0.1, 0.15) is 5.56 Å². The van der Waals surface area contributed by atoms with Gasteiger partial charge in [0.1, 0.15) is 17.9 Å². The Kier molecular flexibility index (Phi) is 10.1. The van der Waals surface area contributed by atoms with Crippen LogP contribution in [0.25, 0.3) is 60.2 Å². The van der Waals surface area contributed by atoms with Crippen LogP contribution in [-0.4, -0.2) is 14.7 Å². The molecular formula is C60H48N2O2Si. The van der Waals surface area contributed by atoms with E-state index in [9.17, 15) is 0 Å². The maximum atomic E-state index is 6.76. The van der Waals surface area contributed by atoms with Gasteiger partial charge in [-0.3, -0.25) is 0 Å². The fourth-order valence-electron chi connectivity index (χ4n) is 9.31. The van der Waals surface area contributed by atoms with Crippen molar-refractivity contribution < 1.29 is 9.15 Å². The summed E-state index contributed by atoms with van der Waals surface area (Å²) in [5, 5.41) is 8.13. The van der Waals surface area contributed by atoms with Crippen molar-refractivity contribution in [1.29, 1.82) is 0 Å². The monoisotopic (exact) mass is 856 g/mol. The molecule has 0 N–H and O–H groups in total. The van der Waals surface area contributed by atoms with Gasteiger partial charge in [-0.05, 0) is 129 Å². The molecule has 0 saturated carbocycles. The Hall–Kier alpha value is -7.86. The van der Waals surface area contributed by atoms with Crippen molar-refractivity contribution in [2.75, 3.05) is 16.4 Å². The van der Waals surface area contributed by atoms with Crippen LogP contribution in [0, 0.1) is 0 Å². The van der Waals surface area contributed by atoms with Crippen LogP contribution >= 0.6 is 0 Å². The second-order valence-corrected chi connectivity index (χ2v) is 22.9. The fraction of sp³-hybridized carbons (Fsp3) is 0.0667. The Morgan fingerprint density at radius 1 is 0.508 bits per heavy atom. The lowest BCUT2D eigenvalue weighted by atomic mass is 9.91. The zero-order valence-corrected chi connectivity index (χ0v) is 37.8. The highest BCUT2D eigenvalue weighted by Crippen LogP contribution is 2.43. The minimum atomic E-state index is -1.43. The summed E-state index contributed by atoms with van der Waals surface area (Å²) in [5.41, 5.74) is 12.2. The van der Waals surface area contributed by atoms with E-state index in [1.54, 1.807) is 0 Å². The maximum Gasteiger partial charge on any atom is 0.159 e. The summed E-state index contributed by atoms with van der Waals surface area (Å²) in [4.78, 5) is 4.59. The number of benzene rings is 9. The summed E-state index contributed by atoms with van der Waals surface area (Å²) in [7, 11) is -1.43. The van der Waals surface area contributed by atoms with E-state index in [-0.39, 0.29) is 0 Å². The molecule has 0 spiro atoms. The van der Waals surface area contributed by atoms with E-state index in [0.717, 1.165) is 100 Å². The van der Waals surface area contributed by atoms with Crippen molar-refractivity contribution in [3.8, 4) is 16.9 Å². The minimum absolute atomic E-state index is 0.358. The van der Waals surface area contributed by atoms with Crippen LogP contribution < -0.4 is 19.7 Å². The van der Waals surface area contributed by atoms with Crippen LogP contribution in [0.15, 0.2) is 229 Å². The lowest BCUT2D eigenvalue weighted by Gasteiger charge is -2.27. The summed E-state index contributed by atoms with van der Waals surface area (Å²) in [6.45, 7) is 12.2. The normalized spacial score (nSPS) is 14.3. The Morgan fingerprint density at radius 2 is 1.12 bits per heavy atom. The largest absolute Gasteiger partial charge is 0.489 e. The topological polar surface area (TPSA) is 28.9 Å². The van der Waals surface area contributed by atoms with Crippen molar-refractivity contribution in [3.05, 3.63) is 230 Å². The highest BCUT2D eigenvalue weighted by atomic mass is 28.3. The first-order chi connectivity index (χ1) is 31.8. The zero-order valence-electron chi connectivity index (χ0n) is 36.8. The molecule has 5 heteroatoms. The first-order valence-electron chi connectivity index (χ1n) is 22.3. The average molecular weight is 857 g/mol. The van der Waals surface area contributed by atoms with E-state index in [1.165, 1.54) is 10.6 Å². The highest BCUT2D eigenvalue weighted by molar-refractivity contribution is 6.88.